The first-order valence-electron chi connectivity index (χ1n) is 5.25. The third-order valence-corrected chi connectivity index (χ3v) is 3.53. The number of aromatic nitrogens is 1. The van der Waals surface area contributed by atoms with Gasteiger partial charge < -0.3 is 9.67 Å². The van der Waals surface area contributed by atoms with Crippen LogP contribution in [-0.4, -0.2) is 36.1 Å². The molecule has 0 saturated heterocycles. The molecule has 0 amide bonds. The van der Waals surface area contributed by atoms with Crippen LogP contribution in [0.1, 0.15) is 21.6 Å². The molecule has 1 aromatic rings. The molecule has 0 unspecified atom stereocenters. The number of carbonyl (C=O) groups is 1. The van der Waals surface area contributed by atoms with Crippen molar-refractivity contribution < 1.29 is 18.3 Å². The number of hydrogen-bond donors (Lipinski definition) is 1. The van der Waals surface area contributed by atoms with E-state index in [0.717, 1.165) is 6.26 Å². The molecule has 0 spiro atoms. The number of sulfone groups is 1. The van der Waals surface area contributed by atoms with E-state index in [0.29, 0.717) is 11.3 Å². The summed E-state index contributed by atoms with van der Waals surface area (Å²) in [6.07, 6.45) is 1.07. The van der Waals surface area contributed by atoms with Gasteiger partial charge in [0.25, 0.3) is 5.56 Å². The Hall–Kier alpha value is -1.63. The maximum absolute atomic E-state index is 12.0. The fourth-order valence-electron chi connectivity index (χ4n) is 1.72. The Balaban J connectivity index is 3.33. The van der Waals surface area contributed by atoms with Gasteiger partial charge in [-0.1, -0.05) is 0 Å². The molecule has 0 aliphatic heterocycles. The van der Waals surface area contributed by atoms with Crippen molar-refractivity contribution in [2.24, 2.45) is 0 Å². The molecule has 18 heavy (non-hydrogen) atoms. The van der Waals surface area contributed by atoms with E-state index >= 15 is 0 Å². The first-order valence-corrected chi connectivity index (χ1v) is 7.31. The zero-order chi connectivity index (χ0) is 14.1. The summed E-state index contributed by atoms with van der Waals surface area (Å²) in [7, 11) is -3.21. The minimum Gasteiger partial charge on any atom is -0.477 e. The second-order valence-electron chi connectivity index (χ2n) is 4.24. The monoisotopic (exact) mass is 273 g/mol. The minimum absolute atomic E-state index is 0.0376. The Morgan fingerprint density at radius 2 is 1.94 bits per heavy atom. The quantitative estimate of drug-likeness (QED) is 0.846. The maximum atomic E-state index is 12.0. The molecule has 0 atom stereocenters. The third kappa shape index (κ3) is 3.19. The normalized spacial score (nSPS) is 11.5. The van der Waals surface area contributed by atoms with Crippen molar-refractivity contribution in [3.05, 3.63) is 33.2 Å². The van der Waals surface area contributed by atoms with Crippen LogP contribution in [0, 0.1) is 13.8 Å². The summed E-state index contributed by atoms with van der Waals surface area (Å²) < 4.78 is 23.3. The second-order valence-corrected chi connectivity index (χ2v) is 6.50. The van der Waals surface area contributed by atoms with E-state index in [1.165, 1.54) is 4.57 Å². The molecular formula is C11H15NO5S. The molecule has 1 aromatic heterocycles. The lowest BCUT2D eigenvalue weighted by molar-refractivity contribution is 0.0693. The van der Waals surface area contributed by atoms with Gasteiger partial charge in [-0.15, -0.1) is 0 Å². The first-order chi connectivity index (χ1) is 8.13. The van der Waals surface area contributed by atoms with E-state index in [-0.39, 0.29) is 17.9 Å². The highest BCUT2D eigenvalue weighted by Gasteiger charge is 2.17. The Morgan fingerprint density at radius 3 is 2.39 bits per heavy atom. The lowest BCUT2D eigenvalue weighted by atomic mass is 10.1. The molecule has 1 heterocycles. The van der Waals surface area contributed by atoms with Gasteiger partial charge >= 0.3 is 5.97 Å². The van der Waals surface area contributed by atoms with E-state index in [4.69, 9.17) is 5.11 Å². The third-order valence-electron chi connectivity index (χ3n) is 2.60. The molecule has 100 valence electrons. The van der Waals surface area contributed by atoms with Crippen LogP contribution >= 0.6 is 0 Å². The predicted molar refractivity (Wildman–Crippen MR) is 66.8 cm³/mol. The van der Waals surface area contributed by atoms with Gasteiger partial charge in [0.15, 0.2) is 0 Å². The molecule has 7 heteroatoms. The van der Waals surface area contributed by atoms with Crippen molar-refractivity contribution in [1.29, 1.82) is 0 Å². The number of rotatable bonds is 4. The second kappa shape index (κ2) is 4.93. The van der Waals surface area contributed by atoms with Crippen molar-refractivity contribution in [2.75, 3.05) is 12.0 Å². The number of nitrogens with zero attached hydrogens (tertiary/aromatic N) is 1. The van der Waals surface area contributed by atoms with E-state index < -0.39 is 21.4 Å². The SMILES string of the molecule is Cc1cc(C)n(CCS(C)(=O)=O)c(=O)c1C(=O)O. The Morgan fingerprint density at radius 1 is 1.39 bits per heavy atom. The van der Waals surface area contributed by atoms with E-state index in [1.54, 1.807) is 19.9 Å². The molecular weight excluding hydrogens is 258 g/mol. The van der Waals surface area contributed by atoms with Crippen LogP contribution in [-0.2, 0) is 16.4 Å². The molecule has 0 aromatic carbocycles. The number of hydrogen-bond acceptors (Lipinski definition) is 4. The molecule has 0 aliphatic rings. The van der Waals surface area contributed by atoms with Gasteiger partial charge in [0, 0.05) is 18.5 Å². The van der Waals surface area contributed by atoms with Crippen molar-refractivity contribution in [3.63, 3.8) is 0 Å². The van der Waals surface area contributed by atoms with Gasteiger partial charge in [0.1, 0.15) is 15.4 Å². The van der Waals surface area contributed by atoms with Crippen LogP contribution in [0.15, 0.2) is 10.9 Å². The maximum Gasteiger partial charge on any atom is 0.341 e. The summed E-state index contributed by atoms with van der Waals surface area (Å²) in [6.45, 7) is 3.14. The smallest absolute Gasteiger partial charge is 0.341 e. The molecule has 1 rings (SSSR count). The van der Waals surface area contributed by atoms with Crippen LogP contribution < -0.4 is 5.56 Å². The summed E-state index contributed by atoms with van der Waals surface area (Å²) in [4.78, 5) is 22.9. The summed E-state index contributed by atoms with van der Waals surface area (Å²) in [5, 5.41) is 8.96. The highest BCUT2D eigenvalue weighted by molar-refractivity contribution is 7.90. The van der Waals surface area contributed by atoms with Crippen molar-refractivity contribution in [1.82, 2.24) is 4.57 Å². The fraction of sp³-hybridized carbons (Fsp3) is 0.455. The summed E-state index contributed by atoms with van der Waals surface area (Å²) in [5.41, 5.74) is -0.0514. The summed E-state index contributed by atoms with van der Waals surface area (Å²) >= 11 is 0. The van der Waals surface area contributed by atoms with Crippen molar-refractivity contribution >= 4 is 15.8 Å². The molecule has 6 nitrogen and oxygen atoms in total. The zero-order valence-corrected chi connectivity index (χ0v) is 11.2. The van der Waals surface area contributed by atoms with E-state index in [9.17, 15) is 18.0 Å². The molecule has 0 bridgehead atoms. The van der Waals surface area contributed by atoms with Crippen LogP contribution in [0.5, 0.6) is 0 Å². The van der Waals surface area contributed by atoms with Gasteiger partial charge in [-0.05, 0) is 25.5 Å². The zero-order valence-electron chi connectivity index (χ0n) is 10.4. The van der Waals surface area contributed by atoms with Gasteiger partial charge in [0.2, 0.25) is 0 Å². The largest absolute Gasteiger partial charge is 0.477 e. The molecule has 0 radical (unpaired) electrons. The Kier molecular flexibility index (Phi) is 3.95. The predicted octanol–water partition coefficient (Wildman–Crippen LogP) is 0.208. The van der Waals surface area contributed by atoms with E-state index in [2.05, 4.69) is 0 Å². The van der Waals surface area contributed by atoms with Crippen molar-refractivity contribution in [2.45, 2.75) is 20.4 Å². The lowest BCUT2D eigenvalue weighted by Crippen LogP contribution is -2.31. The average molecular weight is 273 g/mol. The van der Waals surface area contributed by atoms with Crippen molar-refractivity contribution in [3.8, 4) is 0 Å². The molecule has 0 saturated carbocycles. The van der Waals surface area contributed by atoms with Gasteiger partial charge in [0.05, 0.1) is 5.75 Å². The molecule has 1 N–H and O–H groups in total. The number of aryl methyl sites for hydroxylation is 2. The average Bonchev–Trinajstić information content (AvgIpc) is 2.13. The number of aromatic carboxylic acids is 1. The van der Waals surface area contributed by atoms with Gasteiger partial charge in [-0.3, -0.25) is 4.79 Å². The highest BCUT2D eigenvalue weighted by atomic mass is 32.2. The summed E-state index contributed by atoms with van der Waals surface area (Å²) in [5.74, 6) is -1.50. The fourth-order valence-corrected chi connectivity index (χ4v) is 2.24. The van der Waals surface area contributed by atoms with E-state index in [1.807, 2.05) is 0 Å². The van der Waals surface area contributed by atoms with Crippen LogP contribution in [0.3, 0.4) is 0 Å². The standard InChI is InChI=1S/C11H15NO5S/c1-7-6-8(2)12(4-5-18(3,16)17)10(13)9(7)11(14)15/h6H,4-5H2,1-3H3,(H,14,15). The van der Waals surface area contributed by atoms with Crippen LogP contribution in [0.4, 0.5) is 0 Å². The number of carboxylic acids is 1. The Bertz CT molecular complexity index is 642. The topological polar surface area (TPSA) is 93.4 Å². The van der Waals surface area contributed by atoms with Gasteiger partial charge in [-0.2, -0.15) is 0 Å². The van der Waals surface area contributed by atoms with Crippen LogP contribution in [0.25, 0.3) is 0 Å². The van der Waals surface area contributed by atoms with Crippen LogP contribution in [0.2, 0.25) is 0 Å². The Labute approximate surface area is 105 Å². The summed E-state index contributed by atoms with van der Waals surface area (Å²) in [6, 6.07) is 1.56. The highest BCUT2D eigenvalue weighted by Crippen LogP contribution is 2.06. The number of carboxylic acid groups (broad SMARTS) is 1. The lowest BCUT2D eigenvalue weighted by Gasteiger charge is -2.12. The first kappa shape index (κ1) is 14.4. The minimum atomic E-state index is -3.21. The molecule has 0 fully saturated rings. The molecule has 0 aliphatic carbocycles. The number of pyridine rings is 1. The van der Waals surface area contributed by atoms with Gasteiger partial charge in [-0.25, -0.2) is 13.2 Å².